The minimum absolute atomic E-state index is 0.121. The molecule has 0 aromatic carbocycles. The third-order valence-corrected chi connectivity index (χ3v) is 2.44. The molecule has 8 heteroatoms. The van der Waals surface area contributed by atoms with Crippen LogP contribution in [0.1, 0.15) is 6.42 Å². The molecular weight excluding hydrogens is 222 g/mol. The van der Waals surface area contributed by atoms with Crippen molar-refractivity contribution in [2.75, 3.05) is 6.54 Å². The van der Waals surface area contributed by atoms with Crippen LogP contribution in [-0.2, 0) is 13.6 Å². The van der Waals surface area contributed by atoms with Gasteiger partial charge in [0, 0.05) is 25.0 Å². The molecule has 0 aliphatic heterocycles. The number of azide groups is 1. The summed E-state index contributed by atoms with van der Waals surface area (Å²) in [6.45, 7) is 0.851. The van der Waals surface area contributed by atoms with Gasteiger partial charge in [0.25, 0.3) is 5.56 Å². The van der Waals surface area contributed by atoms with Crippen LogP contribution in [-0.4, -0.2) is 25.9 Å². The first kappa shape index (κ1) is 11.2. The second-order valence-electron chi connectivity index (χ2n) is 3.56. The number of hydrogen-bond donors (Lipinski definition) is 0. The summed E-state index contributed by atoms with van der Waals surface area (Å²) >= 11 is 0. The summed E-state index contributed by atoms with van der Waals surface area (Å²) in [6, 6.07) is 0. The highest BCUT2D eigenvalue weighted by Crippen LogP contribution is 2.03. The molecule has 2 rings (SSSR count). The highest BCUT2D eigenvalue weighted by atomic mass is 16.1. The van der Waals surface area contributed by atoms with Gasteiger partial charge in [-0.2, -0.15) is 5.10 Å². The zero-order valence-corrected chi connectivity index (χ0v) is 9.31. The molecule has 0 radical (unpaired) electrons. The molecule has 0 aliphatic rings. The minimum Gasteiger partial charge on any atom is -0.299 e. The first-order valence-corrected chi connectivity index (χ1v) is 5.12. The average Bonchev–Trinajstić information content (AvgIpc) is 2.70. The maximum absolute atomic E-state index is 12.0. The Kier molecular flexibility index (Phi) is 3.06. The third-order valence-electron chi connectivity index (χ3n) is 2.44. The molecule has 0 fully saturated rings. The molecule has 0 saturated carbocycles. The Balaban J connectivity index is 2.27. The van der Waals surface area contributed by atoms with E-state index in [9.17, 15) is 4.79 Å². The van der Waals surface area contributed by atoms with E-state index < -0.39 is 0 Å². The summed E-state index contributed by atoms with van der Waals surface area (Å²) < 4.78 is 3.05. The van der Waals surface area contributed by atoms with Crippen LogP contribution in [0.2, 0.25) is 0 Å². The van der Waals surface area contributed by atoms with Crippen molar-refractivity contribution in [3.05, 3.63) is 33.3 Å². The lowest BCUT2D eigenvalue weighted by Gasteiger charge is -2.03. The number of rotatable bonds is 4. The summed E-state index contributed by atoms with van der Waals surface area (Å²) in [5.41, 5.74) is 8.58. The Hall–Kier alpha value is -2.34. The Morgan fingerprint density at radius 3 is 3.18 bits per heavy atom. The highest BCUT2D eigenvalue weighted by Gasteiger charge is 2.07. The van der Waals surface area contributed by atoms with Gasteiger partial charge >= 0.3 is 0 Å². The second-order valence-corrected chi connectivity index (χ2v) is 3.56. The van der Waals surface area contributed by atoms with Crippen molar-refractivity contribution < 1.29 is 0 Å². The fourth-order valence-electron chi connectivity index (χ4n) is 1.58. The van der Waals surface area contributed by atoms with Crippen LogP contribution in [0.4, 0.5) is 0 Å². The maximum atomic E-state index is 12.0. The third kappa shape index (κ3) is 2.11. The van der Waals surface area contributed by atoms with Gasteiger partial charge in [0.05, 0.1) is 12.5 Å². The predicted octanol–water partition coefficient (Wildman–Crippen LogP) is 0.830. The van der Waals surface area contributed by atoms with Crippen molar-refractivity contribution in [3.8, 4) is 0 Å². The smallest absolute Gasteiger partial charge is 0.264 e. The lowest BCUT2D eigenvalue weighted by molar-refractivity contribution is 0.622. The van der Waals surface area contributed by atoms with Crippen LogP contribution in [0.25, 0.3) is 21.5 Å². The second kappa shape index (κ2) is 4.67. The van der Waals surface area contributed by atoms with Crippen molar-refractivity contribution in [1.82, 2.24) is 19.3 Å². The van der Waals surface area contributed by atoms with Crippen LogP contribution in [0.15, 0.2) is 22.4 Å². The summed E-state index contributed by atoms with van der Waals surface area (Å²) in [5.74, 6) is 0. The number of aryl methyl sites for hydroxylation is 2. The SMILES string of the molecule is Cn1ncc2c(=O)n(CCCN=[N+]=[N-])cnc21. The standard InChI is InChI=1S/C9H11N7O/c1-15-8-7(5-13-15)9(17)16(6-11-8)4-2-3-12-14-10/h5-6H,2-4H2,1H3. The molecule has 2 aromatic rings. The minimum atomic E-state index is -0.121. The largest absolute Gasteiger partial charge is 0.299 e. The Labute approximate surface area is 96.1 Å². The molecule has 2 aromatic heterocycles. The molecule has 88 valence electrons. The van der Waals surface area contributed by atoms with Gasteiger partial charge in [-0.25, -0.2) is 4.98 Å². The first-order valence-electron chi connectivity index (χ1n) is 5.12. The van der Waals surface area contributed by atoms with Crippen LogP contribution in [0.5, 0.6) is 0 Å². The van der Waals surface area contributed by atoms with Gasteiger partial charge in [-0.3, -0.25) is 14.0 Å². The van der Waals surface area contributed by atoms with E-state index >= 15 is 0 Å². The monoisotopic (exact) mass is 233 g/mol. The summed E-state index contributed by atoms with van der Waals surface area (Å²) in [6.07, 6.45) is 3.61. The molecule has 0 spiro atoms. The Bertz CT molecular complexity index is 634. The zero-order chi connectivity index (χ0) is 12.3. The molecule has 0 amide bonds. The van der Waals surface area contributed by atoms with E-state index in [4.69, 9.17) is 5.53 Å². The van der Waals surface area contributed by atoms with Crippen LogP contribution in [0.3, 0.4) is 0 Å². The molecule has 0 bridgehead atoms. The van der Waals surface area contributed by atoms with Crippen molar-refractivity contribution in [1.29, 1.82) is 0 Å². The van der Waals surface area contributed by atoms with Gasteiger partial charge in [-0.15, -0.1) is 0 Å². The number of aromatic nitrogens is 4. The molecule has 0 atom stereocenters. The Morgan fingerprint density at radius 2 is 2.41 bits per heavy atom. The molecule has 0 unspecified atom stereocenters. The van der Waals surface area contributed by atoms with Crippen molar-refractivity contribution in [2.24, 2.45) is 12.2 Å². The summed E-state index contributed by atoms with van der Waals surface area (Å²) in [5, 5.41) is 7.89. The molecule has 17 heavy (non-hydrogen) atoms. The summed E-state index contributed by atoms with van der Waals surface area (Å²) in [7, 11) is 1.74. The van der Waals surface area contributed by atoms with Crippen LogP contribution < -0.4 is 5.56 Å². The predicted molar refractivity (Wildman–Crippen MR) is 61.4 cm³/mol. The fraction of sp³-hybridized carbons (Fsp3) is 0.444. The van der Waals surface area contributed by atoms with Crippen molar-refractivity contribution in [3.63, 3.8) is 0 Å². The van der Waals surface area contributed by atoms with Crippen LogP contribution in [0, 0.1) is 0 Å². The number of fused-ring (bicyclic) bond motifs is 1. The van der Waals surface area contributed by atoms with Gasteiger partial charge in [0.2, 0.25) is 0 Å². The van der Waals surface area contributed by atoms with E-state index in [1.807, 2.05) is 0 Å². The quantitative estimate of drug-likeness (QED) is 0.338. The van der Waals surface area contributed by atoms with E-state index in [1.54, 1.807) is 11.7 Å². The van der Waals surface area contributed by atoms with Gasteiger partial charge < -0.3 is 0 Å². The first-order chi connectivity index (χ1) is 8.24. The lowest BCUT2D eigenvalue weighted by Crippen LogP contribution is -2.20. The number of nitrogens with zero attached hydrogens (tertiary/aromatic N) is 7. The summed E-state index contributed by atoms with van der Waals surface area (Å²) in [4.78, 5) is 18.8. The van der Waals surface area contributed by atoms with E-state index in [-0.39, 0.29) is 5.56 Å². The van der Waals surface area contributed by atoms with E-state index in [0.717, 1.165) is 0 Å². The highest BCUT2D eigenvalue weighted by molar-refractivity contribution is 5.72. The number of hydrogen-bond acceptors (Lipinski definition) is 4. The average molecular weight is 233 g/mol. The van der Waals surface area contributed by atoms with Gasteiger partial charge in [0.15, 0.2) is 5.65 Å². The zero-order valence-electron chi connectivity index (χ0n) is 9.31. The topological polar surface area (TPSA) is 101 Å². The van der Waals surface area contributed by atoms with Crippen molar-refractivity contribution >= 4 is 11.0 Å². The lowest BCUT2D eigenvalue weighted by atomic mass is 10.4. The van der Waals surface area contributed by atoms with Gasteiger partial charge in [-0.05, 0) is 12.0 Å². The molecule has 0 saturated heterocycles. The molecule has 8 nitrogen and oxygen atoms in total. The normalized spacial score (nSPS) is 10.4. The van der Waals surface area contributed by atoms with E-state index in [2.05, 4.69) is 20.1 Å². The van der Waals surface area contributed by atoms with Crippen molar-refractivity contribution in [2.45, 2.75) is 13.0 Å². The fourth-order valence-corrected chi connectivity index (χ4v) is 1.58. The van der Waals surface area contributed by atoms with E-state index in [1.165, 1.54) is 17.1 Å². The maximum Gasteiger partial charge on any atom is 0.264 e. The molecule has 0 N–H and O–H groups in total. The molecule has 0 aliphatic carbocycles. The van der Waals surface area contributed by atoms with E-state index in [0.29, 0.717) is 30.5 Å². The van der Waals surface area contributed by atoms with Gasteiger partial charge in [-0.1, -0.05) is 5.11 Å². The molecule has 2 heterocycles. The van der Waals surface area contributed by atoms with Crippen LogP contribution >= 0.6 is 0 Å². The van der Waals surface area contributed by atoms with Gasteiger partial charge in [0.1, 0.15) is 5.39 Å². The Morgan fingerprint density at radius 1 is 1.59 bits per heavy atom. The molecular formula is C9H11N7O.